The van der Waals surface area contributed by atoms with E-state index in [-0.39, 0.29) is 18.3 Å². The Bertz CT molecular complexity index is 1470. The molecule has 4 aromatic rings. The number of benzene rings is 3. The smallest absolute Gasteiger partial charge is 0.251 e. The Morgan fingerprint density at radius 2 is 1.81 bits per heavy atom. The van der Waals surface area contributed by atoms with Gasteiger partial charge in [0.15, 0.2) is 0 Å². The van der Waals surface area contributed by atoms with Gasteiger partial charge in [-0.2, -0.15) is 0 Å². The molecule has 1 amide bonds. The van der Waals surface area contributed by atoms with Gasteiger partial charge >= 0.3 is 0 Å². The van der Waals surface area contributed by atoms with Gasteiger partial charge < -0.3 is 16.0 Å². The fourth-order valence-corrected chi connectivity index (χ4v) is 6.15. The van der Waals surface area contributed by atoms with Crippen molar-refractivity contribution in [3.63, 3.8) is 0 Å². The number of halogens is 1. The molecule has 3 aromatic carbocycles. The summed E-state index contributed by atoms with van der Waals surface area (Å²) in [5.74, 6) is -0.326. The summed E-state index contributed by atoms with van der Waals surface area (Å²) < 4.78 is 0. The fourth-order valence-electron chi connectivity index (χ4n) is 6.15. The van der Waals surface area contributed by atoms with Crippen molar-refractivity contribution in [3.8, 4) is 22.3 Å². The lowest BCUT2D eigenvalue weighted by atomic mass is 9.82. The predicted molar refractivity (Wildman–Crippen MR) is 155 cm³/mol. The maximum absolute atomic E-state index is 13.3. The third-order valence-electron chi connectivity index (χ3n) is 7.74. The zero-order valence-corrected chi connectivity index (χ0v) is 22.0. The summed E-state index contributed by atoms with van der Waals surface area (Å²) in [6.07, 6.45) is 7.47. The summed E-state index contributed by atoms with van der Waals surface area (Å²) >= 11 is 0. The van der Waals surface area contributed by atoms with Gasteiger partial charge in [0.1, 0.15) is 0 Å². The molecular formula is C31H33ClN4O. The summed E-state index contributed by atoms with van der Waals surface area (Å²) in [6.45, 7) is 5.74. The highest BCUT2D eigenvalue weighted by atomic mass is 35.5. The average Bonchev–Trinajstić information content (AvgIpc) is 3.30. The van der Waals surface area contributed by atoms with Crippen molar-refractivity contribution in [1.29, 1.82) is 0 Å². The summed E-state index contributed by atoms with van der Waals surface area (Å²) in [7, 11) is 0. The second kappa shape index (κ2) is 10.5. The quantitative estimate of drug-likeness (QED) is 0.304. The largest absolute Gasteiger partial charge is 0.368 e. The highest BCUT2D eigenvalue weighted by molar-refractivity contribution is 6.11. The lowest BCUT2D eigenvalue weighted by Gasteiger charge is -2.34. The van der Waals surface area contributed by atoms with Gasteiger partial charge in [-0.25, -0.2) is 0 Å². The zero-order chi connectivity index (χ0) is 24.6. The van der Waals surface area contributed by atoms with Crippen LogP contribution in [-0.2, 0) is 12.8 Å². The van der Waals surface area contributed by atoms with Crippen LogP contribution in [0.15, 0.2) is 60.9 Å². The SMILES string of the molecule is CCCCc1c(C(N)=O)c(N2CCNCC2)c2c(c1-c1cccc3ccncc13)-c1ccccc1C2.Cl. The Morgan fingerprint density at radius 1 is 1.03 bits per heavy atom. The predicted octanol–water partition coefficient (Wildman–Crippen LogP) is 5.75. The highest BCUT2D eigenvalue weighted by Crippen LogP contribution is 2.52. The van der Waals surface area contributed by atoms with Crippen molar-refractivity contribution in [2.75, 3.05) is 31.1 Å². The summed E-state index contributed by atoms with van der Waals surface area (Å²) in [6, 6.07) is 17.2. The average molecular weight is 513 g/mol. The monoisotopic (exact) mass is 512 g/mol. The van der Waals surface area contributed by atoms with Crippen molar-refractivity contribution >= 4 is 34.8 Å². The third kappa shape index (κ3) is 4.26. The number of primary amides is 1. The molecule has 1 fully saturated rings. The van der Waals surface area contributed by atoms with Gasteiger partial charge in [0.05, 0.1) is 11.3 Å². The van der Waals surface area contributed by atoms with Crippen LogP contribution in [0.3, 0.4) is 0 Å². The molecule has 1 saturated heterocycles. The van der Waals surface area contributed by atoms with Crippen molar-refractivity contribution in [2.45, 2.75) is 32.6 Å². The second-order valence-corrected chi connectivity index (χ2v) is 9.87. The maximum atomic E-state index is 13.3. The van der Waals surface area contributed by atoms with Crippen LogP contribution in [0.1, 0.15) is 46.8 Å². The Labute approximate surface area is 224 Å². The first-order chi connectivity index (χ1) is 17.7. The van der Waals surface area contributed by atoms with E-state index in [9.17, 15) is 4.79 Å². The van der Waals surface area contributed by atoms with E-state index in [2.05, 4.69) is 70.7 Å². The zero-order valence-electron chi connectivity index (χ0n) is 21.2. The van der Waals surface area contributed by atoms with Crippen LogP contribution in [0.5, 0.6) is 0 Å². The number of nitrogens with two attached hydrogens (primary N) is 1. The molecule has 6 rings (SSSR count). The molecule has 3 N–H and O–H groups in total. The van der Waals surface area contributed by atoms with E-state index in [4.69, 9.17) is 5.73 Å². The number of rotatable bonds is 6. The Balaban J connectivity index is 0.00000280. The lowest BCUT2D eigenvalue weighted by Crippen LogP contribution is -2.45. The number of hydrogen-bond donors (Lipinski definition) is 2. The summed E-state index contributed by atoms with van der Waals surface area (Å²) in [5.41, 5.74) is 16.5. The van der Waals surface area contributed by atoms with Crippen molar-refractivity contribution in [1.82, 2.24) is 10.3 Å². The first-order valence-corrected chi connectivity index (χ1v) is 13.1. The van der Waals surface area contributed by atoms with Crippen molar-refractivity contribution in [3.05, 3.63) is 83.2 Å². The summed E-state index contributed by atoms with van der Waals surface area (Å²) in [4.78, 5) is 20.2. The van der Waals surface area contributed by atoms with Gasteiger partial charge in [-0.3, -0.25) is 9.78 Å². The Hall–Kier alpha value is -3.41. The van der Waals surface area contributed by atoms with Crippen LogP contribution in [0.4, 0.5) is 5.69 Å². The molecule has 0 atom stereocenters. The number of hydrogen-bond acceptors (Lipinski definition) is 4. The van der Waals surface area contributed by atoms with E-state index in [1.54, 1.807) is 0 Å². The second-order valence-electron chi connectivity index (χ2n) is 9.87. The van der Waals surface area contributed by atoms with Crippen LogP contribution < -0.4 is 16.0 Å². The number of unbranched alkanes of at least 4 members (excludes halogenated alkanes) is 1. The van der Waals surface area contributed by atoms with E-state index in [1.165, 1.54) is 22.3 Å². The van der Waals surface area contributed by atoms with Crippen LogP contribution in [0, 0.1) is 0 Å². The van der Waals surface area contributed by atoms with Crippen molar-refractivity contribution < 1.29 is 4.79 Å². The maximum Gasteiger partial charge on any atom is 0.251 e. The summed E-state index contributed by atoms with van der Waals surface area (Å²) in [5, 5.41) is 5.71. The number of nitrogens with zero attached hydrogens (tertiary/aromatic N) is 2. The van der Waals surface area contributed by atoms with Crippen molar-refractivity contribution in [2.24, 2.45) is 5.73 Å². The lowest BCUT2D eigenvalue weighted by molar-refractivity contribution is 0.0999. The minimum atomic E-state index is -0.326. The Kier molecular flexibility index (Phi) is 7.18. The van der Waals surface area contributed by atoms with Gasteiger partial charge in [0.25, 0.3) is 5.91 Å². The van der Waals surface area contributed by atoms with Gasteiger partial charge in [-0.15, -0.1) is 12.4 Å². The molecule has 6 heteroatoms. The van der Waals surface area contributed by atoms with E-state index < -0.39 is 0 Å². The highest BCUT2D eigenvalue weighted by Gasteiger charge is 2.34. The normalized spacial score (nSPS) is 14.2. The number of amides is 1. The number of piperazine rings is 1. The topological polar surface area (TPSA) is 71.2 Å². The number of aromatic nitrogens is 1. The van der Waals surface area contributed by atoms with Gasteiger partial charge in [0.2, 0.25) is 0 Å². The minimum Gasteiger partial charge on any atom is -0.368 e. The standard InChI is InChI=1S/C31H32N4O.ClH/c1-2-3-9-24-28(23-11-6-8-20-12-13-34-19-26(20)23)27-22-10-5-4-7-21(22)18-25(27)30(29(24)31(32)36)35-16-14-33-15-17-35;/h4-8,10-13,19,33H,2-3,9,14-18H2,1H3,(H2,32,36);1H. The first-order valence-electron chi connectivity index (χ1n) is 13.1. The molecule has 1 aliphatic carbocycles. The number of nitrogens with one attached hydrogen (secondary N) is 1. The van der Waals surface area contributed by atoms with Gasteiger partial charge in [-0.1, -0.05) is 55.8 Å². The molecule has 0 saturated carbocycles. The van der Waals surface area contributed by atoms with Crippen LogP contribution in [-0.4, -0.2) is 37.1 Å². The number of fused-ring (bicyclic) bond motifs is 4. The van der Waals surface area contributed by atoms with E-state index in [1.807, 2.05) is 12.4 Å². The molecule has 37 heavy (non-hydrogen) atoms. The molecule has 0 radical (unpaired) electrons. The molecule has 0 bridgehead atoms. The number of pyridine rings is 1. The molecule has 0 spiro atoms. The molecular weight excluding hydrogens is 480 g/mol. The third-order valence-corrected chi connectivity index (χ3v) is 7.74. The Morgan fingerprint density at radius 3 is 2.59 bits per heavy atom. The van der Waals surface area contributed by atoms with E-state index >= 15 is 0 Å². The fraction of sp³-hybridized carbons (Fsp3) is 0.290. The molecule has 2 heterocycles. The minimum absolute atomic E-state index is 0. The molecule has 5 nitrogen and oxygen atoms in total. The van der Waals surface area contributed by atoms with E-state index in [0.717, 1.165) is 85.0 Å². The number of carbonyl (C=O) groups is 1. The first kappa shape index (κ1) is 25.2. The van der Waals surface area contributed by atoms with E-state index in [0.29, 0.717) is 5.56 Å². The van der Waals surface area contributed by atoms with Gasteiger partial charge in [0, 0.05) is 50.4 Å². The number of anilines is 1. The molecule has 0 unspecified atom stereocenters. The molecule has 2 aliphatic rings. The molecule has 1 aromatic heterocycles. The van der Waals surface area contributed by atoms with Crippen LogP contribution in [0.25, 0.3) is 33.0 Å². The van der Waals surface area contributed by atoms with Crippen LogP contribution in [0.2, 0.25) is 0 Å². The number of carbonyl (C=O) groups excluding carboxylic acids is 1. The van der Waals surface area contributed by atoms with Crippen LogP contribution >= 0.6 is 12.4 Å². The van der Waals surface area contributed by atoms with Gasteiger partial charge in [-0.05, 0) is 63.2 Å². The molecule has 1 aliphatic heterocycles. The molecule has 190 valence electrons.